The fourth-order valence-corrected chi connectivity index (χ4v) is 8.46. The highest BCUT2D eigenvalue weighted by atomic mass is 16.3. The number of carbonyl (C=O) groups is 1. The van der Waals surface area contributed by atoms with Crippen LogP contribution in [0.25, 0.3) is 0 Å². The van der Waals surface area contributed by atoms with Crippen molar-refractivity contribution in [3.05, 3.63) is 0 Å². The summed E-state index contributed by atoms with van der Waals surface area (Å²) in [6.07, 6.45) is 55.6. The maximum Gasteiger partial charge on any atom is 0.220 e. The number of carbonyl (C=O) groups excluding carboxylic acids is 1. The molecular weight excluding hydrogens is 691 g/mol. The summed E-state index contributed by atoms with van der Waals surface area (Å²) in [6.45, 7) is 4.18. The second-order valence-corrected chi connectivity index (χ2v) is 18.1. The Kier molecular flexibility index (Phi) is 46.5. The molecule has 5 heteroatoms. The molecule has 0 fully saturated rings. The standard InChI is InChI=1S/C51H103NO4/c1-3-5-7-9-11-13-14-15-16-17-18-19-20-21-22-23-24-25-26-27-28-29-30-31-32-33-34-35-36-38-40-42-44-46-50(55)52-48(47-53)51(56)49(54)45-43-41-39-37-12-10-8-6-4-2/h48-49,51,53-54,56H,3-47H2,1-2H3,(H,52,55)/t48-,49+,51-/m0/s1. The van der Waals surface area contributed by atoms with Gasteiger partial charge in [0.15, 0.2) is 0 Å². The third kappa shape index (κ3) is 41.5. The van der Waals surface area contributed by atoms with E-state index >= 15 is 0 Å². The summed E-state index contributed by atoms with van der Waals surface area (Å²) in [5, 5.41) is 33.4. The van der Waals surface area contributed by atoms with Gasteiger partial charge in [-0.3, -0.25) is 4.79 Å². The molecule has 0 aliphatic rings. The fraction of sp³-hybridized carbons (Fsp3) is 0.980. The third-order valence-corrected chi connectivity index (χ3v) is 12.5. The second-order valence-electron chi connectivity index (χ2n) is 18.1. The molecule has 0 rings (SSSR count). The first-order chi connectivity index (χ1) is 27.6. The van der Waals surface area contributed by atoms with Crippen molar-refractivity contribution < 1.29 is 20.1 Å². The summed E-state index contributed by atoms with van der Waals surface area (Å²) >= 11 is 0. The average molecular weight is 794 g/mol. The number of aliphatic hydroxyl groups excluding tert-OH is 3. The Morgan fingerprint density at radius 2 is 0.607 bits per heavy atom. The van der Waals surface area contributed by atoms with Crippen molar-refractivity contribution in [3.8, 4) is 0 Å². The van der Waals surface area contributed by atoms with Crippen LogP contribution >= 0.6 is 0 Å². The molecular formula is C51H103NO4. The van der Waals surface area contributed by atoms with Gasteiger partial charge in [-0.25, -0.2) is 0 Å². The van der Waals surface area contributed by atoms with Gasteiger partial charge in [-0.15, -0.1) is 0 Å². The summed E-state index contributed by atoms with van der Waals surface area (Å²) in [6, 6.07) is -0.802. The molecule has 4 N–H and O–H groups in total. The van der Waals surface area contributed by atoms with E-state index in [1.165, 1.54) is 231 Å². The van der Waals surface area contributed by atoms with Gasteiger partial charge in [0.1, 0.15) is 6.10 Å². The minimum Gasteiger partial charge on any atom is -0.394 e. The summed E-state index contributed by atoms with van der Waals surface area (Å²) in [5.41, 5.74) is 0. The first kappa shape index (κ1) is 55.4. The molecule has 56 heavy (non-hydrogen) atoms. The van der Waals surface area contributed by atoms with Gasteiger partial charge in [0.25, 0.3) is 0 Å². The third-order valence-electron chi connectivity index (χ3n) is 12.5. The molecule has 0 aromatic heterocycles. The Balaban J connectivity index is 3.39. The SMILES string of the molecule is CCCCCCCCCCCCCCCCCCCCCCCCCCCCCCCCCCCC(=O)N[C@@H](CO)[C@H](O)[C@H](O)CCCCCCCCCCC. The Bertz CT molecular complexity index is 747. The summed E-state index contributed by atoms with van der Waals surface area (Å²) in [4.78, 5) is 12.4. The topological polar surface area (TPSA) is 89.8 Å². The van der Waals surface area contributed by atoms with E-state index in [2.05, 4.69) is 19.2 Å². The molecule has 5 nitrogen and oxygen atoms in total. The van der Waals surface area contributed by atoms with Crippen LogP contribution in [0, 0.1) is 0 Å². The molecule has 0 saturated carbocycles. The molecule has 0 heterocycles. The van der Waals surface area contributed by atoms with Crippen molar-refractivity contribution in [2.45, 2.75) is 315 Å². The molecule has 0 bridgehead atoms. The highest BCUT2D eigenvalue weighted by Crippen LogP contribution is 2.18. The van der Waals surface area contributed by atoms with Gasteiger partial charge in [0.2, 0.25) is 5.91 Å². The number of nitrogens with one attached hydrogen (secondary N) is 1. The molecule has 0 spiro atoms. The van der Waals surface area contributed by atoms with Gasteiger partial charge < -0.3 is 20.6 Å². The van der Waals surface area contributed by atoms with E-state index in [4.69, 9.17) is 0 Å². The lowest BCUT2D eigenvalue weighted by Gasteiger charge is -2.26. The van der Waals surface area contributed by atoms with E-state index in [1.54, 1.807) is 0 Å². The Labute approximate surface area is 351 Å². The van der Waals surface area contributed by atoms with Crippen molar-refractivity contribution in [1.82, 2.24) is 5.32 Å². The molecule has 0 radical (unpaired) electrons. The minimum atomic E-state index is -1.13. The maximum atomic E-state index is 12.4. The van der Waals surface area contributed by atoms with E-state index in [1.807, 2.05) is 0 Å². The maximum absolute atomic E-state index is 12.4. The van der Waals surface area contributed by atoms with E-state index in [-0.39, 0.29) is 12.5 Å². The van der Waals surface area contributed by atoms with Crippen molar-refractivity contribution in [1.29, 1.82) is 0 Å². The van der Waals surface area contributed by atoms with Gasteiger partial charge in [-0.05, 0) is 12.8 Å². The van der Waals surface area contributed by atoms with Crippen LogP contribution in [0.15, 0.2) is 0 Å². The van der Waals surface area contributed by atoms with Crippen molar-refractivity contribution in [3.63, 3.8) is 0 Å². The van der Waals surface area contributed by atoms with E-state index in [9.17, 15) is 20.1 Å². The number of hydrogen-bond donors (Lipinski definition) is 4. The molecule has 0 unspecified atom stereocenters. The van der Waals surface area contributed by atoms with Crippen LogP contribution in [0.3, 0.4) is 0 Å². The predicted molar refractivity (Wildman–Crippen MR) is 246 cm³/mol. The molecule has 3 atom stereocenters. The van der Waals surface area contributed by atoms with Crippen molar-refractivity contribution >= 4 is 5.91 Å². The molecule has 0 aliphatic heterocycles. The zero-order valence-corrected chi connectivity index (χ0v) is 38.3. The zero-order chi connectivity index (χ0) is 40.8. The lowest BCUT2D eigenvalue weighted by atomic mass is 9.99. The Hall–Kier alpha value is -0.650. The Morgan fingerprint density at radius 1 is 0.375 bits per heavy atom. The van der Waals surface area contributed by atoms with Crippen LogP contribution in [-0.4, -0.2) is 46.1 Å². The quantitative estimate of drug-likeness (QED) is 0.0462. The highest BCUT2D eigenvalue weighted by molar-refractivity contribution is 5.76. The first-order valence-electron chi connectivity index (χ1n) is 25.8. The van der Waals surface area contributed by atoms with Crippen molar-refractivity contribution in [2.24, 2.45) is 0 Å². The van der Waals surface area contributed by atoms with Crippen LogP contribution in [0.5, 0.6) is 0 Å². The van der Waals surface area contributed by atoms with Gasteiger partial charge in [-0.1, -0.05) is 277 Å². The summed E-state index contributed by atoms with van der Waals surface area (Å²) < 4.78 is 0. The van der Waals surface area contributed by atoms with Crippen LogP contribution < -0.4 is 5.32 Å². The second kappa shape index (κ2) is 47.0. The van der Waals surface area contributed by atoms with Gasteiger partial charge >= 0.3 is 0 Å². The molecule has 0 aromatic carbocycles. The number of aliphatic hydroxyl groups is 3. The number of hydrogen-bond acceptors (Lipinski definition) is 4. The van der Waals surface area contributed by atoms with Crippen LogP contribution in [0.2, 0.25) is 0 Å². The molecule has 1 amide bonds. The highest BCUT2D eigenvalue weighted by Gasteiger charge is 2.26. The van der Waals surface area contributed by atoms with E-state index in [0.717, 1.165) is 38.5 Å². The number of amides is 1. The first-order valence-corrected chi connectivity index (χ1v) is 25.8. The van der Waals surface area contributed by atoms with Crippen LogP contribution in [-0.2, 0) is 4.79 Å². The van der Waals surface area contributed by atoms with Crippen molar-refractivity contribution in [2.75, 3.05) is 6.61 Å². The molecule has 0 aromatic rings. The predicted octanol–water partition coefficient (Wildman–Crippen LogP) is 15.4. The summed E-state index contributed by atoms with van der Waals surface area (Å²) in [5.74, 6) is -0.140. The van der Waals surface area contributed by atoms with E-state index < -0.39 is 18.2 Å². The number of rotatable bonds is 48. The minimum absolute atomic E-state index is 0.140. The van der Waals surface area contributed by atoms with Gasteiger partial charge in [0.05, 0.1) is 18.8 Å². The van der Waals surface area contributed by atoms with Gasteiger partial charge in [-0.2, -0.15) is 0 Å². The van der Waals surface area contributed by atoms with Crippen LogP contribution in [0.1, 0.15) is 296 Å². The number of unbranched alkanes of at least 4 members (excludes halogenated alkanes) is 40. The Morgan fingerprint density at radius 3 is 0.857 bits per heavy atom. The lowest BCUT2D eigenvalue weighted by Crippen LogP contribution is -2.50. The largest absolute Gasteiger partial charge is 0.394 e. The molecule has 336 valence electrons. The molecule has 0 aliphatic carbocycles. The monoisotopic (exact) mass is 794 g/mol. The van der Waals surface area contributed by atoms with Crippen LogP contribution in [0.4, 0.5) is 0 Å². The summed E-state index contributed by atoms with van der Waals surface area (Å²) in [7, 11) is 0. The zero-order valence-electron chi connectivity index (χ0n) is 38.3. The van der Waals surface area contributed by atoms with E-state index in [0.29, 0.717) is 12.8 Å². The molecule has 0 saturated heterocycles. The van der Waals surface area contributed by atoms with Gasteiger partial charge in [0, 0.05) is 6.42 Å². The average Bonchev–Trinajstić information content (AvgIpc) is 3.20. The fourth-order valence-electron chi connectivity index (χ4n) is 8.46. The lowest BCUT2D eigenvalue weighted by molar-refractivity contribution is -0.124. The smallest absolute Gasteiger partial charge is 0.220 e. The normalized spacial score (nSPS) is 13.3.